The summed E-state index contributed by atoms with van der Waals surface area (Å²) in [4.78, 5) is 16.0. The number of carbonyl (C=O) groups is 1. The van der Waals surface area contributed by atoms with Gasteiger partial charge in [0.25, 0.3) is 5.91 Å². The molecule has 0 atom stereocenters. The molecular weight excluding hydrogens is 344 g/mol. The highest BCUT2D eigenvalue weighted by molar-refractivity contribution is 7.09. The second-order valence-corrected chi connectivity index (χ2v) is 6.74. The minimum Gasteiger partial charge on any atom is -0.497 e. The van der Waals surface area contributed by atoms with E-state index in [0.717, 1.165) is 21.9 Å². The van der Waals surface area contributed by atoms with Gasteiger partial charge in [-0.15, -0.1) is 11.3 Å². The molecule has 0 unspecified atom stereocenters. The molecular formula is C21H18N2O2S. The smallest absolute Gasteiger partial charge is 0.258 e. The Labute approximate surface area is 156 Å². The Bertz CT molecular complexity index is 912. The van der Waals surface area contributed by atoms with Crippen molar-refractivity contribution in [1.29, 1.82) is 5.26 Å². The Balaban J connectivity index is 1.94. The number of thiophene rings is 1. The fourth-order valence-corrected chi connectivity index (χ4v) is 3.36. The van der Waals surface area contributed by atoms with Crippen molar-refractivity contribution in [3.05, 3.63) is 82.0 Å². The van der Waals surface area contributed by atoms with Crippen LogP contribution in [0.3, 0.4) is 0 Å². The zero-order valence-electron chi connectivity index (χ0n) is 14.4. The number of ether oxygens (including phenoxy) is 1. The highest BCUT2D eigenvalue weighted by atomic mass is 32.1. The molecule has 0 saturated carbocycles. The standard InChI is InChI=1S/C21H18N2O2S/c1-25-19-9-7-18(8-10-19)23(15-20-6-3-13-26-20)21(24)17-5-2-4-16(14-17)11-12-22/h2-10,13-14H,11,15H2,1H3. The predicted octanol–water partition coefficient (Wildman–Crippen LogP) is 4.67. The molecule has 5 heteroatoms. The summed E-state index contributed by atoms with van der Waals surface area (Å²) in [5.74, 6) is 0.650. The first-order valence-electron chi connectivity index (χ1n) is 8.15. The molecule has 26 heavy (non-hydrogen) atoms. The summed E-state index contributed by atoms with van der Waals surface area (Å²) in [5, 5.41) is 10.9. The van der Waals surface area contributed by atoms with E-state index in [4.69, 9.17) is 10.00 Å². The molecule has 4 nitrogen and oxygen atoms in total. The summed E-state index contributed by atoms with van der Waals surface area (Å²) < 4.78 is 5.21. The van der Waals surface area contributed by atoms with Gasteiger partial charge in [-0.3, -0.25) is 4.79 Å². The third-order valence-corrected chi connectivity index (χ3v) is 4.84. The minimum absolute atomic E-state index is 0.0941. The van der Waals surface area contributed by atoms with Crippen molar-refractivity contribution in [2.24, 2.45) is 0 Å². The van der Waals surface area contributed by atoms with Gasteiger partial charge in [0.2, 0.25) is 0 Å². The molecule has 0 saturated heterocycles. The van der Waals surface area contributed by atoms with E-state index in [-0.39, 0.29) is 12.3 Å². The maximum Gasteiger partial charge on any atom is 0.258 e. The summed E-state index contributed by atoms with van der Waals surface area (Å²) in [6.45, 7) is 0.491. The lowest BCUT2D eigenvalue weighted by Crippen LogP contribution is -2.30. The van der Waals surface area contributed by atoms with E-state index < -0.39 is 0 Å². The first-order chi connectivity index (χ1) is 12.7. The fraction of sp³-hybridized carbons (Fsp3) is 0.143. The van der Waals surface area contributed by atoms with Crippen molar-refractivity contribution in [2.45, 2.75) is 13.0 Å². The van der Waals surface area contributed by atoms with Crippen LogP contribution in [0.2, 0.25) is 0 Å². The number of hydrogen-bond acceptors (Lipinski definition) is 4. The molecule has 1 amide bonds. The Morgan fingerprint density at radius 3 is 2.62 bits per heavy atom. The Morgan fingerprint density at radius 1 is 1.15 bits per heavy atom. The van der Waals surface area contributed by atoms with Gasteiger partial charge in [-0.2, -0.15) is 5.26 Å². The molecule has 130 valence electrons. The predicted molar refractivity (Wildman–Crippen MR) is 104 cm³/mol. The van der Waals surface area contributed by atoms with Crippen LogP contribution in [0.5, 0.6) is 5.75 Å². The average Bonchev–Trinajstić information content (AvgIpc) is 3.19. The van der Waals surface area contributed by atoms with E-state index in [0.29, 0.717) is 12.1 Å². The lowest BCUT2D eigenvalue weighted by atomic mass is 10.1. The van der Waals surface area contributed by atoms with Crippen molar-refractivity contribution >= 4 is 22.9 Å². The molecule has 0 N–H and O–H groups in total. The Hall–Kier alpha value is -3.10. The molecule has 0 aliphatic rings. The maximum absolute atomic E-state index is 13.2. The number of benzene rings is 2. The third kappa shape index (κ3) is 4.11. The van der Waals surface area contributed by atoms with Crippen molar-refractivity contribution in [3.8, 4) is 11.8 Å². The van der Waals surface area contributed by atoms with Crippen LogP contribution in [0.15, 0.2) is 66.0 Å². The first kappa shape index (κ1) is 17.7. The van der Waals surface area contributed by atoms with Crippen molar-refractivity contribution in [3.63, 3.8) is 0 Å². The number of nitrogens with zero attached hydrogens (tertiary/aromatic N) is 2. The number of methoxy groups -OCH3 is 1. The van der Waals surface area contributed by atoms with Crippen molar-refractivity contribution in [2.75, 3.05) is 12.0 Å². The van der Waals surface area contributed by atoms with Gasteiger partial charge in [0, 0.05) is 16.1 Å². The molecule has 0 aliphatic heterocycles. The van der Waals surface area contributed by atoms with Gasteiger partial charge in [0.1, 0.15) is 5.75 Å². The van der Waals surface area contributed by atoms with Gasteiger partial charge in [0.05, 0.1) is 26.1 Å². The number of hydrogen-bond donors (Lipinski definition) is 0. The number of nitriles is 1. The number of rotatable bonds is 6. The van der Waals surface area contributed by atoms with Crippen LogP contribution in [0.4, 0.5) is 5.69 Å². The van der Waals surface area contributed by atoms with Crippen LogP contribution in [0.1, 0.15) is 20.8 Å². The summed E-state index contributed by atoms with van der Waals surface area (Å²) in [6, 6.07) is 20.8. The monoisotopic (exact) mass is 362 g/mol. The molecule has 0 aliphatic carbocycles. The summed E-state index contributed by atoms with van der Waals surface area (Å²) in [5.41, 5.74) is 2.21. The van der Waals surface area contributed by atoms with Crippen LogP contribution in [-0.4, -0.2) is 13.0 Å². The summed E-state index contributed by atoms with van der Waals surface area (Å²) in [6.07, 6.45) is 0.286. The highest BCUT2D eigenvalue weighted by Crippen LogP contribution is 2.25. The molecule has 0 radical (unpaired) electrons. The van der Waals surface area contributed by atoms with E-state index in [1.807, 2.05) is 53.9 Å². The van der Waals surface area contributed by atoms with Gasteiger partial charge in [-0.25, -0.2) is 0 Å². The molecule has 0 spiro atoms. The van der Waals surface area contributed by atoms with Crippen LogP contribution in [0.25, 0.3) is 0 Å². The van der Waals surface area contributed by atoms with E-state index in [9.17, 15) is 4.79 Å². The van der Waals surface area contributed by atoms with Gasteiger partial charge in [-0.1, -0.05) is 18.2 Å². The summed E-state index contributed by atoms with van der Waals surface area (Å²) >= 11 is 1.62. The van der Waals surface area contributed by atoms with Crippen LogP contribution in [0, 0.1) is 11.3 Å². The highest BCUT2D eigenvalue weighted by Gasteiger charge is 2.19. The number of amides is 1. The zero-order chi connectivity index (χ0) is 18.4. The van der Waals surface area contributed by atoms with Crippen molar-refractivity contribution in [1.82, 2.24) is 0 Å². The minimum atomic E-state index is -0.0941. The van der Waals surface area contributed by atoms with Crippen LogP contribution >= 0.6 is 11.3 Å². The number of anilines is 1. The first-order valence-corrected chi connectivity index (χ1v) is 9.03. The SMILES string of the molecule is COc1ccc(N(Cc2cccs2)C(=O)c2cccc(CC#N)c2)cc1. The molecule has 0 fully saturated rings. The van der Waals surface area contributed by atoms with E-state index in [1.54, 1.807) is 35.5 Å². The van der Waals surface area contributed by atoms with Crippen LogP contribution in [-0.2, 0) is 13.0 Å². The van der Waals surface area contributed by atoms with Gasteiger partial charge < -0.3 is 9.64 Å². The summed E-state index contributed by atoms with van der Waals surface area (Å²) in [7, 11) is 1.62. The van der Waals surface area contributed by atoms with Crippen LogP contribution < -0.4 is 9.64 Å². The molecule has 0 bridgehead atoms. The number of carbonyl (C=O) groups excluding carboxylic acids is 1. The van der Waals surface area contributed by atoms with Gasteiger partial charge in [-0.05, 0) is 53.4 Å². The molecule has 3 aromatic rings. The average molecular weight is 362 g/mol. The third-order valence-electron chi connectivity index (χ3n) is 3.98. The normalized spacial score (nSPS) is 10.2. The molecule has 1 aromatic heterocycles. The second-order valence-electron chi connectivity index (χ2n) is 5.70. The van der Waals surface area contributed by atoms with E-state index in [1.165, 1.54) is 0 Å². The van der Waals surface area contributed by atoms with Gasteiger partial charge in [0.15, 0.2) is 0 Å². The topological polar surface area (TPSA) is 53.3 Å². The fourth-order valence-electron chi connectivity index (χ4n) is 2.66. The van der Waals surface area contributed by atoms with E-state index >= 15 is 0 Å². The Kier molecular flexibility index (Phi) is 5.67. The quantitative estimate of drug-likeness (QED) is 0.640. The van der Waals surface area contributed by atoms with Crippen molar-refractivity contribution < 1.29 is 9.53 Å². The zero-order valence-corrected chi connectivity index (χ0v) is 15.2. The largest absolute Gasteiger partial charge is 0.497 e. The lowest BCUT2D eigenvalue weighted by Gasteiger charge is -2.23. The van der Waals surface area contributed by atoms with E-state index in [2.05, 4.69) is 6.07 Å². The second kappa shape index (κ2) is 8.32. The molecule has 3 rings (SSSR count). The Morgan fingerprint density at radius 2 is 1.96 bits per heavy atom. The maximum atomic E-state index is 13.2. The lowest BCUT2D eigenvalue weighted by molar-refractivity contribution is 0.0985. The molecule has 2 aromatic carbocycles. The molecule has 1 heterocycles. The van der Waals surface area contributed by atoms with Gasteiger partial charge >= 0.3 is 0 Å².